The molecular weight excluding hydrogens is 567 g/mol. The highest BCUT2D eigenvalue weighted by Gasteiger charge is 2.75. The number of nitrogens with zero attached hydrogens (tertiary/aromatic N) is 1. The molecule has 1 saturated heterocycles. The SMILES string of the molecule is C[C@@H]1CN(CC2(c3ccccc3)CC2(NS(=O)(=O)c2ccc(-c3ccc(Cl)cc3)s2)C(=O)O)C[C@H](C)O1.Cl. The lowest BCUT2D eigenvalue weighted by Gasteiger charge is -2.38. The van der Waals surface area contributed by atoms with Crippen LogP contribution in [-0.2, 0) is 25.0 Å². The van der Waals surface area contributed by atoms with Gasteiger partial charge < -0.3 is 9.84 Å². The Labute approximate surface area is 238 Å². The number of hydrogen-bond donors (Lipinski definition) is 2. The summed E-state index contributed by atoms with van der Waals surface area (Å²) >= 11 is 7.08. The van der Waals surface area contributed by atoms with E-state index < -0.39 is 26.9 Å². The molecule has 1 aliphatic heterocycles. The molecule has 2 unspecified atom stereocenters. The topological polar surface area (TPSA) is 95.9 Å². The van der Waals surface area contributed by atoms with Crippen LogP contribution in [0.4, 0.5) is 0 Å². The highest BCUT2D eigenvalue weighted by Crippen LogP contribution is 2.59. The van der Waals surface area contributed by atoms with Crippen molar-refractivity contribution < 1.29 is 23.1 Å². The molecule has 5 rings (SSSR count). The van der Waals surface area contributed by atoms with Gasteiger partial charge in [-0.2, -0.15) is 4.72 Å². The molecule has 0 radical (unpaired) electrons. The number of carboxylic acid groups (broad SMARTS) is 1. The Morgan fingerprint density at radius 2 is 1.71 bits per heavy atom. The number of benzene rings is 2. The van der Waals surface area contributed by atoms with Crippen LogP contribution in [0.5, 0.6) is 0 Å². The molecule has 11 heteroatoms. The molecule has 38 heavy (non-hydrogen) atoms. The fraction of sp³-hybridized carbons (Fsp3) is 0.370. The predicted octanol–water partition coefficient (Wildman–Crippen LogP) is 5.04. The van der Waals surface area contributed by atoms with Crippen molar-refractivity contribution >= 4 is 51.3 Å². The van der Waals surface area contributed by atoms with E-state index in [4.69, 9.17) is 16.3 Å². The normalized spacial score (nSPS) is 27.4. The molecule has 2 N–H and O–H groups in total. The Morgan fingerprint density at radius 3 is 2.32 bits per heavy atom. The molecule has 2 aliphatic rings. The van der Waals surface area contributed by atoms with E-state index in [1.807, 2.05) is 56.3 Å². The van der Waals surface area contributed by atoms with Gasteiger partial charge in [-0.15, -0.1) is 23.7 Å². The van der Waals surface area contributed by atoms with Crippen LogP contribution in [0.1, 0.15) is 25.8 Å². The number of sulfonamides is 1. The number of ether oxygens (including phenoxy) is 1. The van der Waals surface area contributed by atoms with Crippen LogP contribution >= 0.6 is 35.3 Å². The zero-order chi connectivity index (χ0) is 26.4. The summed E-state index contributed by atoms with van der Waals surface area (Å²) < 4.78 is 35.7. The molecule has 204 valence electrons. The summed E-state index contributed by atoms with van der Waals surface area (Å²) in [5.41, 5.74) is -0.938. The van der Waals surface area contributed by atoms with Crippen LogP contribution in [-0.4, -0.2) is 61.8 Å². The maximum absolute atomic E-state index is 13.6. The molecule has 0 spiro atoms. The van der Waals surface area contributed by atoms with Crippen molar-refractivity contribution in [2.45, 2.75) is 47.6 Å². The van der Waals surface area contributed by atoms with Crippen LogP contribution in [0.25, 0.3) is 10.4 Å². The minimum atomic E-state index is -4.12. The third-order valence-electron chi connectivity index (χ3n) is 7.22. The fourth-order valence-electron chi connectivity index (χ4n) is 5.56. The lowest BCUT2D eigenvalue weighted by Crippen LogP contribution is -2.54. The fourth-order valence-corrected chi connectivity index (χ4v) is 8.43. The Morgan fingerprint density at radius 1 is 1.08 bits per heavy atom. The molecule has 1 saturated carbocycles. The highest BCUT2D eigenvalue weighted by molar-refractivity contribution is 7.91. The summed E-state index contributed by atoms with van der Waals surface area (Å²) in [5.74, 6) is -1.18. The average Bonchev–Trinajstić information content (AvgIpc) is 3.21. The van der Waals surface area contributed by atoms with E-state index in [0.717, 1.165) is 27.3 Å². The molecule has 2 aromatic carbocycles. The first kappa shape index (κ1) is 29.0. The number of nitrogens with one attached hydrogen (secondary N) is 1. The first-order chi connectivity index (χ1) is 17.5. The molecule has 7 nitrogen and oxygen atoms in total. The Hall–Kier alpha value is -1.98. The van der Waals surface area contributed by atoms with E-state index >= 15 is 0 Å². The molecule has 1 aliphatic carbocycles. The van der Waals surface area contributed by atoms with Gasteiger partial charge in [0.1, 0.15) is 9.75 Å². The van der Waals surface area contributed by atoms with Crippen molar-refractivity contribution in [3.63, 3.8) is 0 Å². The second kappa shape index (κ2) is 10.9. The summed E-state index contributed by atoms with van der Waals surface area (Å²) in [6.45, 7) is 5.69. The molecule has 0 amide bonds. The Bertz CT molecular complexity index is 1390. The number of thiophene rings is 1. The van der Waals surface area contributed by atoms with Crippen LogP contribution in [0.3, 0.4) is 0 Å². The maximum atomic E-state index is 13.6. The maximum Gasteiger partial charge on any atom is 0.325 e. The van der Waals surface area contributed by atoms with Crippen LogP contribution in [0, 0.1) is 0 Å². The minimum absolute atomic E-state index is 0. The van der Waals surface area contributed by atoms with Gasteiger partial charge in [-0.25, -0.2) is 8.42 Å². The standard InChI is InChI=1S/C27H29ClN2O5S2.ClH/c1-18-14-30(15-19(2)35-18)17-26(21-6-4-3-5-7-21)16-27(26,25(31)32)29-37(33,34)24-13-12-23(36-24)20-8-10-22(28)11-9-20;/h3-13,18-19,29H,14-17H2,1-2H3,(H,31,32);1H/t18-,19+,26?,27?;. The molecule has 4 atom stereocenters. The van der Waals surface area contributed by atoms with Crippen molar-refractivity contribution in [2.75, 3.05) is 19.6 Å². The van der Waals surface area contributed by atoms with Crippen molar-refractivity contribution in [1.29, 1.82) is 0 Å². The van der Waals surface area contributed by atoms with E-state index in [1.165, 1.54) is 6.07 Å². The first-order valence-corrected chi connectivity index (χ1v) is 14.8. The number of carbonyl (C=O) groups is 1. The number of rotatable bonds is 8. The van der Waals surface area contributed by atoms with Gasteiger partial charge in [0.25, 0.3) is 10.0 Å². The van der Waals surface area contributed by atoms with E-state index in [9.17, 15) is 18.3 Å². The van der Waals surface area contributed by atoms with Gasteiger partial charge in [-0.1, -0.05) is 54.1 Å². The number of carboxylic acids is 1. The highest BCUT2D eigenvalue weighted by atomic mass is 35.5. The second-order valence-corrected chi connectivity index (χ2v) is 13.4. The summed E-state index contributed by atoms with van der Waals surface area (Å²) in [5, 5.41) is 11.1. The first-order valence-electron chi connectivity index (χ1n) is 12.1. The largest absolute Gasteiger partial charge is 0.480 e. The van der Waals surface area contributed by atoms with Gasteiger partial charge in [0.05, 0.1) is 12.2 Å². The summed E-state index contributed by atoms with van der Waals surface area (Å²) in [6.07, 6.45) is 0.168. The predicted molar refractivity (Wildman–Crippen MR) is 152 cm³/mol. The third-order valence-corrected chi connectivity index (χ3v) is 10.6. The van der Waals surface area contributed by atoms with Crippen molar-refractivity contribution in [2.24, 2.45) is 0 Å². The number of hydrogen-bond acceptors (Lipinski definition) is 6. The van der Waals surface area contributed by atoms with E-state index in [0.29, 0.717) is 24.7 Å². The Kier molecular flexibility index (Phi) is 8.31. The average molecular weight is 598 g/mol. The summed E-state index contributed by atoms with van der Waals surface area (Å²) in [6, 6.07) is 19.7. The van der Waals surface area contributed by atoms with Crippen LogP contribution in [0.2, 0.25) is 5.02 Å². The van der Waals surface area contributed by atoms with Gasteiger partial charge in [0, 0.05) is 34.9 Å². The molecule has 3 aromatic rings. The van der Waals surface area contributed by atoms with Gasteiger partial charge in [0.15, 0.2) is 0 Å². The van der Waals surface area contributed by atoms with Crippen molar-refractivity contribution in [1.82, 2.24) is 9.62 Å². The van der Waals surface area contributed by atoms with Crippen molar-refractivity contribution in [3.8, 4) is 10.4 Å². The third kappa shape index (κ3) is 5.38. The van der Waals surface area contributed by atoms with Gasteiger partial charge in [-0.05, 0) is 55.7 Å². The van der Waals surface area contributed by atoms with Crippen LogP contribution in [0.15, 0.2) is 70.9 Å². The number of morpholine rings is 1. The molecule has 1 aromatic heterocycles. The lowest BCUT2D eigenvalue weighted by molar-refractivity contribution is -0.141. The molecule has 2 fully saturated rings. The molecule has 0 bridgehead atoms. The molecule has 2 heterocycles. The quantitative estimate of drug-likeness (QED) is 0.378. The molecular formula is C27H30Cl2N2O5S2. The van der Waals surface area contributed by atoms with Gasteiger partial charge >= 0.3 is 5.97 Å². The van der Waals surface area contributed by atoms with Crippen LogP contribution < -0.4 is 4.72 Å². The van der Waals surface area contributed by atoms with E-state index in [2.05, 4.69) is 9.62 Å². The zero-order valence-electron chi connectivity index (χ0n) is 21.0. The lowest BCUT2D eigenvalue weighted by atomic mass is 9.89. The number of aliphatic carboxylic acids is 1. The van der Waals surface area contributed by atoms with E-state index in [1.54, 1.807) is 18.2 Å². The van der Waals surface area contributed by atoms with E-state index in [-0.39, 0.29) is 35.2 Å². The zero-order valence-corrected chi connectivity index (χ0v) is 24.2. The van der Waals surface area contributed by atoms with Gasteiger partial charge in [0.2, 0.25) is 0 Å². The monoisotopic (exact) mass is 596 g/mol. The summed E-state index contributed by atoms with van der Waals surface area (Å²) in [7, 11) is -4.12. The minimum Gasteiger partial charge on any atom is -0.480 e. The second-order valence-electron chi connectivity index (χ2n) is 10.0. The summed E-state index contributed by atoms with van der Waals surface area (Å²) in [4.78, 5) is 15.8. The Balaban J connectivity index is 0.00000336. The number of halogens is 2. The smallest absolute Gasteiger partial charge is 0.325 e. The van der Waals surface area contributed by atoms with Crippen molar-refractivity contribution in [3.05, 3.63) is 77.3 Å². The van der Waals surface area contributed by atoms with Gasteiger partial charge in [-0.3, -0.25) is 9.69 Å².